The number of nitrogens with zero attached hydrogens (tertiary/aromatic N) is 3. The van der Waals surface area contributed by atoms with Gasteiger partial charge in [-0.2, -0.15) is 0 Å². The first-order valence-corrected chi connectivity index (χ1v) is 8.64. The summed E-state index contributed by atoms with van der Waals surface area (Å²) in [5.41, 5.74) is 0.286. The molecule has 2 aliphatic heterocycles. The quantitative estimate of drug-likeness (QED) is 0.847. The number of hydrogen-bond acceptors (Lipinski definition) is 5. The maximum absolute atomic E-state index is 14.0. The van der Waals surface area contributed by atoms with E-state index in [-0.39, 0.29) is 42.9 Å². The number of amides is 3. The van der Waals surface area contributed by atoms with Crippen molar-refractivity contribution < 1.29 is 23.5 Å². The largest absolute Gasteiger partial charge is 0.480 e. The first-order chi connectivity index (χ1) is 12.6. The van der Waals surface area contributed by atoms with Crippen molar-refractivity contribution in [1.82, 2.24) is 20.1 Å². The van der Waals surface area contributed by atoms with E-state index in [1.165, 1.54) is 18.2 Å². The number of alkyl halides is 1. The number of nitrogens with one attached hydrogen (secondary N) is 1. The van der Waals surface area contributed by atoms with Gasteiger partial charge in [-0.1, -0.05) is 0 Å². The number of morpholine rings is 1. The number of carbonyl (C=O) groups excluding carboxylic acids is 2. The Hall–Kier alpha value is -2.42. The van der Waals surface area contributed by atoms with Crippen molar-refractivity contribution in [2.24, 2.45) is 0 Å². The van der Waals surface area contributed by atoms with Gasteiger partial charge in [-0.05, 0) is 12.1 Å². The number of methoxy groups -OCH3 is 1. The van der Waals surface area contributed by atoms with Crippen molar-refractivity contribution >= 4 is 11.9 Å². The zero-order valence-corrected chi connectivity index (χ0v) is 14.7. The lowest BCUT2D eigenvalue weighted by Gasteiger charge is -2.29. The Kier molecular flexibility index (Phi) is 5.87. The van der Waals surface area contributed by atoms with Gasteiger partial charge in [0, 0.05) is 32.3 Å². The summed E-state index contributed by atoms with van der Waals surface area (Å²) in [5.74, 6) is -0.142. The molecule has 0 saturated carbocycles. The van der Waals surface area contributed by atoms with Gasteiger partial charge in [-0.15, -0.1) is 0 Å². The highest BCUT2D eigenvalue weighted by Gasteiger charge is 2.37. The molecule has 142 valence electrons. The van der Waals surface area contributed by atoms with Crippen molar-refractivity contribution in [3.05, 3.63) is 23.9 Å². The van der Waals surface area contributed by atoms with Crippen LogP contribution in [0.3, 0.4) is 0 Å². The van der Waals surface area contributed by atoms with Crippen LogP contribution in [0, 0.1) is 0 Å². The summed E-state index contributed by atoms with van der Waals surface area (Å²) in [6.07, 6.45) is 0.599. The highest BCUT2D eigenvalue weighted by atomic mass is 19.1. The van der Waals surface area contributed by atoms with Gasteiger partial charge in [0.2, 0.25) is 5.88 Å². The summed E-state index contributed by atoms with van der Waals surface area (Å²) in [6, 6.07) is 2.60. The average molecular weight is 366 g/mol. The highest BCUT2D eigenvalue weighted by molar-refractivity contribution is 5.96. The first-order valence-electron chi connectivity index (χ1n) is 8.64. The van der Waals surface area contributed by atoms with Crippen molar-refractivity contribution in [2.75, 3.05) is 46.5 Å². The molecule has 2 fully saturated rings. The number of rotatable bonds is 4. The lowest BCUT2D eigenvalue weighted by Crippen LogP contribution is -2.50. The van der Waals surface area contributed by atoms with E-state index in [1.54, 1.807) is 17.0 Å². The summed E-state index contributed by atoms with van der Waals surface area (Å²) in [5, 5.41) is 2.80. The summed E-state index contributed by atoms with van der Waals surface area (Å²) in [6.45, 7) is 2.26. The number of halogens is 1. The summed E-state index contributed by atoms with van der Waals surface area (Å²) < 4.78 is 24.3. The SMILES string of the molecule is COc1ncccc1C(=O)N1C[C@@H](F)C[C@H]1CNC(=O)N1CCOCC1. The maximum atomic E-state index is 14.0. The van der Waals surface area contributed by atoms with Gasteiger partial charge < -0.3 is 24.6 Å². The smallest absolute Gasteiger partial charge is 0.317 e. The molecule has 0 aliphatic carbocycles. The van der Waals surface area contributed by atoms with Crippen LogP contribution in [0.5, 0.6) is 5.88 Å². The molecular weight excluding hydrogens is 343 g/mol. The monoisotopic (exact) mass is 366 g/mol. The molecule has 3 rings (SSSR count). The van der Waals surface area contributed by atoms with Gasteiger partial charge in [0.05, 0.1) is 32.9 Å². The van der Waals surface area contributed by atoms with Gasteiger partial charge in [0.25, 0.3) is 5.91 Å². The number of carbonyl (C=O) groups is 2. The average Bonchev–Trinajstić information content (AvgIpc) is 3.06. The Morgan fingerprint density at radius 1 is 1.42 bits per heavy atom. The Morgan fingerprint density at radius 3 is 2.92 bits per heavy atom. The molecule has 0 bridgehead atoms. The molecule has 3 heterocycles. The minimum Gasteiger partial charge on any atom is -0.480 e. The minimum atomic E-state index is -1.12. The number of urea groups is 1. The van der Waals surface area contributed by atoms with Crippen molar-refractivity contribution in [1.29, 1.82) is 0 Å². The van der Waals surface area contributed by atoms with Crippen LogP contribution in [0.15, 0.2) is 18.3 Å². The van der Waals surface area contributed by atoms with Crippen LogP contribution in [0.2, 0.25) is 0 Å². The number of ether oxygens (including phenoxy) is 2. The molecule has 0 aromatic carbocycles. The molecule has 8 nitrogen and oxygen atoms in total. The number of hydrogen-bond donors (Lipinski definition) is 1. The molecule has 1 aromatic heterocycles. The molecular formula is C17H23FN4O4. The standard InChI is InChI=1S/C17H23FN4O4/c1-25-15-14(3-2-4-19-15)16(23)22-11-12(18)9-13(22)10-20-17(24)21-5-7-26-8-6-21/h2-4,12-13H,5-11H2,1H3,(H,20,24)/t12-,13-/m0/s1. The fourth-order valence-electron chi connectivity index (χ4n) is 3.26. The predicted molar refractivity (Wildman–Crippen MR) is 90.9 cm³/mol. The fraction of sp³-hybridized carbons (Fsp3) is 0.588. The summed E-state index contributed by atoms with van der Waals surface area (Å²) >= 11 is 0. The van der Waals surface area contributed by atoms with Crippen LogP contribution < -0.4 is 10.1 Å². The number of likely N-dealkylation sites (tertiary alicyclic amines) is 1. The van der Waals surface area contributed by atoms with E-state index < -0.39 is 12.2 Å². The normalized spacial score (nSPS) is 23.0. The Morgan fingerprint density at radius 2 is 2.19 bits per heavy atom. The Balaban J connectivity index is 1.64. The van der Waals surface area contributed by atoms with E-state index in [2.05, 4.69) is 10.3 Å². The third-order valence-corrected chi connectivity index (χ3v) is 4.61. The van der Waals surface area contributed by atoms with E-state index in [1.807, 2.05) is 0 Å². The zero-order valence-electron chi connectivity index (χ0n) is 14.7. The molecule has 2 atom stereocenters. The van der Waals surface area contributed by atoms with Gasteiger partial charge in [0.15, 0.2) is 0 Å². The molecule has 2 saturated heterocycles. The molecule has 1 aromatic rings. The van der Waals surface area contributed by atoms with E-state index in [0.717, 1.165) is 0 Å². The second kappa shape index (κ2) is 8.31. The minimum absolute atomic E-state index is 0.00499. The number of aromatic nitrogens is 1. The van der Waals surface area contributed by atoms with Crippen molar-refractivity contribution in [3.8, 4) is 5.88 Å². The van der Waals surface area contributed by atoms with E-state index in [9.17, 15) is 14.0 Å². The topological polar surface area (TPSA) is 84.0 Å². The molecule has 0 radical (unpaired) electrons. The molecule has 2 aliphatic rings. The molecule has 1 N–H and O–H groups in total. The van der Waals surface area contributed by atoms with Crippen molar-refractivity contribution in [2.45, 2.75) is 18.6 Å². The van der Waals surface area contributed by atoms with Crippen LogP contribution >= 0.6 is 0 Å². The Labute approximate surface area is 151 Å². The highest BCUT2D eigenvalue weighted by Crippen LogP contribution is 2.25. The fourth-order valence-corrected chi connectivity index (χ4v) is 3.26. The Bertz CT molecular complexity index is 653. The van der Waals surface area contributed by atoms with Gasteiger partial charge in [-0.3, -0.25) is 4.79 Å². The molecule has 3 amide bonds. The lowest BCUT2D eigenvalue weighted by molar-refractivity contribution is 0.0525. The number of pyridine rings is 1. The van der Waals surface area contributed by atoms with Gasteiger partial charge in [-0.25, -0.2) is 14.2 Å². The van der Waals surface area contributed by atoms with Gasteiger partial charge in [0.1, 0.15) is 11.7 Å². The second-order valence-corrected chi connectivity index (χ2v) is 6.29. The van der Waals surface area contributed by atoms with Crippen molar-refractivity contribution in [3.63, 3.8) is 0 Å². The van der Waals surface area contributed by atoms with E-state index >= 15 is 0 Å². The maximum Gasteiger partial charge on any atom is 0.317 e. The lowest BCUT2D eigenvalue weighted by atomic mass is 10.2. The molecule has 0 unspecified atom stereocenters. The van der Waals surface area contributed by atoms with E-state index in [4.69, 9.17) is 9.47 Å². The molecule has 9 heteroatoms. The molecule has 0 spiro atoms. The van der Waals surface area contributed by atoms with Crippen LogP contribution in [-0.2, 0) is 4.74 Å². The summed E-state index contributed by atoms with van der Waals surface area (Å²) in [4.78, 5) is 32.2. The second-order valence-electron chi connectivity index (χ2n) is 6.29. The van der Waals surface area contributed by atoms with Crippen LogP contribution in [0.25, 0.3) is 0 Å². The van der Waals surface area contributed by atoms with Crippen LogP contribution in [0.1, 0.15) is 16.8 Å². The molecule has 26 heavy (non-hydrogen) atoms. The summed E-state index contributed by atoms with van der Waals surface area (Å²) in [7, 11) is 1.43. The third kappa shape index (κ3) is 4.04. The van der Waals surface area contributed by atoms with E-state index in [0.29, 0.717) is 26.3 Å². The van der Waals surface area contributed by atoms with Gasteiger partial charge >= 0.3 is 6.03 Å². The zero-order chi connectivity index (χ0) is 18.5. The van der Waals surface area contributed by atoms with Crippen LogP contribution in [-0.4, -0.2) is 85.4 Å². The predicted octanol–water partition coefficient (Wildman–Crippen LogP) is 0.685. The first kappa shape index (κ1) is 18.4. The van der Waals surface area contributed by atoms with Crippen LogP contribution in [0.4, 0.5) is 9.18 Å². The third-order valence-electron chi connectivity index (χ3n) is 4.61.